The number of carbonyl (C=O) groups is 1. The SMILES string of the molecule is COc1ccc(-n2ccnc2[C@@H]2CC(=O)Nc3cc4[nH]ncc4cc32)cc1. The van der Waals surface area contributed by atoms with Gasteiger partial charge in [0.2, 0.25) is 5.91 Å². The number of methoxy groups -OCH3 is 1. The second kappa shape index (κ2) is 5.98. The average Bonchev–Trinajstić information content (AvgIpc) is 3.35. The van der Waals surface area contributed by atoms with Gasteiger partial charge in [0.25, 0.3) is 0 Å². The summed E-state index contributed by atoms with van der Waals surface area (Å²) in [5, 5.41) is 11.0. The maximum atomic E-state index is 12.3. The quantitative estimate of drug-likeness (QED) is 0.588. The first-order valence-electron chi connectivity index (χ1n) is 8.67. The molecule has 27 heavy (non-hydrogen) atoms. The van der Waals surface area contributed by atoms with Gasteiger partial charge in [-0.2, -0.15) is 5.10 Å². The molecule has 0 bridgehead atoms. The van der Waals surface area contributed by atoms with Crippen molar-refractivity contribution in [1.82, 2.24) is 19.7 Å². The molecular weight excluding hydrogens is 342 g/mol. The van der Waals surface area contributed by atoms with Crippen LogP contribution in [0.2, 0.25) is 0 Å². The Balaban J connectivity index is 1.63. The number of benzene rings is 2. The second-order valence-electron chi connectivity index (χ2n) is 6.56. The monoisotopic (exact) mass is 359 g/mol. The van der Waals surface area contributed by atoms with Crippen LogP contribution in [0.15, 0.2) is 55.0 Å². The van der Waals surface area contributed by atoms with Gasteiger partial charge in [0.05, 0.1) is 24.7 Å². The van der Waals surface area contributed by atoms with Crippen LogP contribution in [0.1, 0.15) is 23.7 Å². The summed E-state index contributed by atoms with van der Waals surface area (Å²) in [6, 6.07) is 11.8. The van der Waals surface area contributed by atoms with Crippen LogP contribution < -0.4 is 10.1 Å². The van der Waals surface area contributed by atoms with Gasteiger partial charge in [-0.3, -0.25) is 9.89 Å². The van der Waals surface area contributed by atoms with E-state index in [2.05, 4.69) is 26.6 Å². The largest absolute Gasteiger partial charge is 0.497 e. The third-order valence-corrected chi connectivity index (χ3v) is 4.98. The maximum Gasteiger partial charge on any atom is 0.225 e. The van der Waals surface area contributed by atoms with Crippen LogP contribution in [0.5, 0.6) is 5.75 Å². The van der Waals surface area contributed by atoms with Crippen molar-refractivity contribution in [1.29, 1.82) is 0 Å². The second-order valence-corrected chi connectivity index (χ2v) is 6.56. The number of rotatable bonds is 3. The van der Waals surface area contributed by atoms with Crippen LogP contribution in [0.25, 0.3) is 16.6 Å². The Labute approximate surface area is 155 Å². The van der Waals surface area contributed by atoms with E-state index in [4.69, 9.17) is 4.74 Å². The van der Waals surface area contributed by atoms with Crippen molar-refractivity contribution in [3.05, 3.63) is 66.4 Å². The van der Waals surface area contributed by atoms with E-state index in [0.29, 0.717) is 6.42 Å². The van der Waals surface area contributed by atoms with Gasteiger partial charge in [-0.15, -0.1) is 0 Å². The number of nitrogens with zero attached hydrogens (tertiary/aromatic N) is 3. The number of imidazole rings is 1. The fourth-order valence-electron chi connectivity index (χ4n) is 3.67. The van der Waals surface area contributed by atoms with Crippen LogP contribution in [0.4, 0.5) is 5.69 Å². The van der Waals surface area contributed by atoms with Gasteiger partial charge in [-0.1, -0.05) is 0 Å². The highest BCUT2D eigenvalue weighted by molar-refractivity contribution is 5.98. The Morgan fingerprint density at radius 2 is 2.07 bits per heavy atom. The van der Waals surface area contributed by atoms with Crippen molar-refractivity contribution >= 4 is 22.5 Å². The summed E-state index contributed by atoms with van der Waals surface area (Å²) >= 11 is 0. The summed E-state index contributed by atoms with van der Waals surface area (Å²) in [5.41, 5.74) is 3.72. The summed E-state index contributed by atoms with van der Waals surface area (Å²) in [5.74, 6) is 1.48. The number of amides is 1. The molecule has 1 aliphatic heterocycles. The number of H-pyrrole nitrogens is 1. The molecule has 0 fully saturated rings. The maximum absolute atomic E-state index is 12.3. The third kappa shape index (κ3) is 2.55. The van der Waals surface area contributed by atoms with Gasteiger partial charge in [0.1, 0.15) is 11.6 Å². The first kappa shape index (κ1) is 15.6. The van der Waals surface area contributed by atoms with E-state index in [1.807, 2.05) is 41.1 Å². The van der Waals surface area contributed by atoms with Crippen molar-refractivity contribution < 1.29 is 9.53 Å². The van der Waals surface area contributed by atoms with Crippen molar-refractivity contribution in [2.24, 2.45) is 0 Å². The Hall–Kier alpha value is -3.61. The molecule has 2 aromatic heterocycles. The summed E-state index contributed by atoms with van der Waals surface area (Å²) in [4.78, 5) is 16.9. The highest BCUT2D eigenvalue weighted by atomic mass is 16.5. The molecule has 3 heterocycles. The zero-order chi connectivity index (χ0) is 18.4. The molecule has 2 N–H and O–H groups in total. The predicted molar refractivity (Wildman–Crippen MR) is 101 cm³/mol. The van der Waals surface area contributed by atoms with E-state index in [1.54, 1.807) is 19.5 Å². The van der Waals surface area contributed by atoms with E-state index in [1.165, 1.54) is 0 Å². The summed E-state index contributed by atoms with van der Waals surface area (Å²) < 4.78 is 7.26. The number of aromatic amines is 1. The molecule has 0 spiro atoms. The van der Waals surface area contributed by atoms with E-state index in [0.717, 1.165) is 39.4 Å². The van der Waals surface area contributed by atoms with Gasteiger partial charge in [-0.25, -0.2) is 4.98 Å². The molecule has 4 aromatic rings. The van der Waals surface area contributed by atoms with E-state index >= 15 is 0 Å². The normalized spacial score (nSPS) is 16.2. The molecule has 5 rings (SSSR count). The minimum atomic E-state index is -0.134. The lowest BCUT2D eigenvalue weighted by molar-refractivity contribution is -0.116. The molecule has 7 nitrogen and oxygen atoms in total. The van der Waals surface area contributed by atoms with Crippen LogP contribution in [0, 0.1) is 0 Å². The first-order chi connectivity index (χ1) is 13.2. The lowest BCUT2D eigenvalue weighted by Crippen LogP contribution is -2.25. The predicted octanol–water partition coefficient (Wildman–Crippen LogP) is 3.23. The van der Waals surface area contributed by atoms with E-state index in [9.17, 15) is 4.79 Å². The number of hydrogen-bond donors (Lipinski definition) is 2. The van der Waals surface area contributed by atoms with E-state index < -0.39 is 0 Å². The fraction of sp³-hybridized carbons (Fsp3) is 0.150. The molecule has 7 heteroatoms. The Bertz CT molecular complexity index is 1140. The number of ether oxygens (including phenoxy) is 1. The van der Waals surface area contributed by atoms with Crippen molar-refractivity contribution in [2.45, 2.75) is 12.3 Å². The summed E-state index contributed by atoms with van der Waals surface area (Å²) in [6.07, 6.45) is 5.82. The van der Waals surface area contributed by atoms with Crippen LogP contribution in [-0.4, -0.2) is 32.8 Å². The van der Waals surface area contributed by atoms with Gasteiger partial charge < -0.3 is 14.6 Å². The lowest BCUT2D eigenvalue weighted by Gasteiger charge is -2.26. The highest BCUT2D eigenvalue weighted by Crippen LogP contribution is 2.39. The van der Waals surface area contributed by atoms with Gasteiger partial charge in [-0.05, 0) is 42.0 Å². The molecule has 0 saturated heterocycles. The summed E-state index contributed by atoms with van der Waals surface area (Å²) in [6.45, 7) is 0. The Morgan fingerprint density at radius 3 is 2.89 bits per heavy atom. The Kier molecular flexibility index (Phi) is 3.46. The molecule has 0 radical (unpaired) electrons. The van der Waals surface area contributed by atoms with Crippen LogP contribution in [0.3, 0.4) is 0 Å². The van der Waals surface area contributed by atoms with Gasteiger partial charge in [0, 0.05) is 35.6 Å². The Morgan fingerprint density at radius 1 is 1.22 bits per heavy atom. The minimum absolute atomic E-state index is 0.0179. The van der Waals surface area contributed by atoms with Crippen molar-refractivity contribution in [3.63, 3.8) is 0 Å². The molecule has 0 saturated carbocycles. The molecule has 1 aliphatic rings. The minimum Gasteiger partial charge on any atom is -0.497 e. The lowest BCUT2D eigenvalue weighted by atomic mass is 9.89. The van der Waals surface area contributed by atoms with Crippen LogP contribution in [-0.2, 0) is 4.79 Å². The standard InChI is InChI=1S/C20H17N5O2/c1-27-14-4-2-13(3-5-14)25-7-6-21-20(25)16-9-19(26)23-18-10-17-12(8-15(16)18)11-22-24-17/h2-8,10-11,16H,9H2,1H3,(H,22,24)(H,23,26)/t16-/m1/s1. The molecule has 0 aliphatic carbocycles. The number of hydrogen-bond acceptors (Lipinski definition) is 4. The molecule has 0 unspecified atom stereocenters. The fourth-order valence-corrected chi connectivity index (χ4v) is 3.67. The van der Waals surface area contributed by atoms with Crippen molar-refractivity contribution in [3.8, 4) is 11.4 Å². The number of nitrogens with one attached hydrogen (secondary N) is 2. The number of carbonyl (C=O) groups excluding carboxylic acids is 1. The molecule has 1 amide bonds. The molecule has 1 atom stereocenters. The first-order valence-corrected chi connectivity index (χ1v) is 8.67. The number of aromatic nitrogens is 4. The summed E-state index contributed by atoms with van der Waals surface area (Å²) in [7, 11) is 1.64. The van der Waals surface area contributed by atoms with Crippen LogP contribution >= 0.6 is 0 Å². The number of fused-ring (bicyclic) bond motifs is 2. The highest BCUT2D eigenvalue weighted by Gasteiger charge is 2.30. The number of anilines is 1. The van der Waals surface area contributed by atoms with Gasteiger partial charge in [0.15, 0.2) is 0 Å². The molecule has 134 valence electrons. The van der Waals surface area contributed by atoms with Gasteiger partial charge >= 0.3 is 0 Å². The zero-order valence-corrected chi connectivity index (χ0v) is 14.6. The molecule has 2 aromatic carbocycles. The topological polar surface area (TPSA) is 84.8 Å². The third-order valence-electron chi connectivity index (χ3n) is 4.98. The zero-order valence-electron chi connectivity index (χ0n) is 14.6. The average molecular weight is 359 g/mol. The van der Waals surface area contributed by atoms with Crippen molar-refractivity contribution in [2.75, 3.05) is 12.4 Å². The van der Waals surface area contributed by atoms with E-state index in [-0.39, 0.29) is 11.8 Å². The molecular formula is C20H17N5O2. The smallest absolute Gasteiger partial charge is 0.225 e.